The Morgan fingerprint density at radius 2 is 2.17 bits per heavy atom. The molecule has 0 radical (unpaired) electrons. The second-order valence-corrected chi connectivity index (χ2v) is 6.01. The molecule has 1 aromatic rings. The van der Waals surface area contributed by atoms with E-state index in [-0.39, 0.29) is 0 Å². The summed E-state index contributed by atoms with van der Waals surface area (Å²) in [5.41, 5.74) is 4.15. The van der Waals surface area contributed by atoms with Crippen molar-refractivity contribution in [1.29, 1.82) is 0 Å². The normalized spacial score (nSPS) is 20.5. The van der Waals surface area contributed by atoms with Crippen molar-refractivity contribution in [2.24, 2.45) is 0 Å². The van der Waals surface area contributed by atoms with Crippen molar-refractivity contribution in [3.63, 3.8) is 0 Å². The fraction of sp³-hybridized carbons (Fsp3) is 0.600. The number of benzene rings is 1. The number of anilines is 1. The predicted octanol–water partition coefficient (Wildman–Crippen LogP) is 3.42. The summed E-state index contributed by atoms with van der Waals surface area (Å²) in [6, 6.07) is 7.53. The fourth-order valence-corrected chi connectivity index (χ4v) is 3.27. The van der Waals surface area contributed by atoms with Crippen LogP contribution in [0.4, 0.5) is 5.69 Å². The highest BCUT2D eigenvalue weighted by atomic mass is 79.9. The first kappa shape index (κ1) is 13.9. The maximum Gasteiger partial charge on any atom is 0.0369 e. The molecule has 1 fully saturated rings. The Morgan fingerprint density at radius 1 is 1.39 bits per heavy atom. The lowest BCUT2D eigenvalue weighted by Gasteiger charge is -2.37. The summed E-state index contributed by atoms with van der Waals surface area (Å²) in [7, 11) is 4.38. The molecule has 0 amide bonds. The van der Waals surface area contributed by atoms with Crippen LogP contribution in [0.1, 0.15) is 24.0 Å². The van der Waals surface area contributed by atoms with E-state index in [1.54, 1.807) is 0 Å². The van der Waals surface area contributed by atoms with Gasteiger partial charge in [-0.3, -0.25) is 0 Å². The van der Waals surface area contributed by atoms with E-state index in [9.17, 15) is 0 Å². The molecule has 0 aliphatic carbocycles. The molecule has 1 heterocycles. The van der Waals surface area contributed by atoms with Crippen LogP contribution in [0.15, 0.2) is 18.2 Å². The third-order valence-electron chi connectivity index (χ3n) is 3.96. The highest BCUT2D eigenvalue weighted by Crippen LogP contribution is 2.24. The van der Waals surface area contributed by atoms with Gasteiger partial charge in [0.25, 0.3) is 0 Å². The van der Waals surface area contributed by atoms with Crippen molar-refractivity contribution in [2.45, 2.75) is 31.1 Å². The van der Waals surface area contributed by atoms with Crippen LogP contribution >= 0.6 is 15.9 Å². The van der Waals surface area contributed by atoms with Gasteiger partial charge in [-0.15, -0.1) is 0 Å². The van der Waals surface area contributed by atoms with Crippen LogP contribution < -0.4 is 4.90 Å². The van der Waals surface area contributed by atoms with Gasteiger partial charge in [0.1, 0.15) is 0 Å². The van der Waals surface area contributed by atoms with Gasteiger partial charge in [-0.1, -0.05) is 22.0 Å². The van der Waals surface area contributed by atoms with Crippen LogP contribution in [0.2, 0.25) is 0 Å². The van der Waals surface area contributed by atoms with Gasteiger partial charge in [0.05, 0.1) is 0 Å². The molecule has 1 aromatic carbocycles. The Bertz CT molecular complexity index is 403. The molecule has 1 atom stereocenters. The minimum absolute atomic E-state index is 0.690. The molecule has 0 bridgehead atoms. The Balaban J connectivity index is 2.13. The van der Waals surface area contributed by atoms with E-state index in [1.165, 1.54) is 36.2 Å². The molecule has 0 N–H and O–H groups in total. The number of halogens is 1. The average Bonchev–Trinajstić information content (AvgIpc) is 2.38. The van der Waals surface area contributed by atoms with Gasteiger partial charge in [-0.2, -0.15) is 0 Å². The monoisotopic (exact) mass is 310 g/mol. The minimum Gasteiger partial charge on any atom is -0.370 e. The summed E-state index contributed by atoms with van der Waals surface area (Å²) < 4.78 is 0. The van der Waals surface area contributed by atoms with Crippen molar-refractivity contribution in [1.82, 2.24) is 4.90 Å². The number of hydrogen-bond acceptors (Lipinski definition) is 2. The number of rotatable bonds is 3. The average molecular weight is 311 g/mol. The first-order valence-electron chi connectivity index (χ1n) is 6.68. The van der Waals surface area contributed by atoms with Crippen LogP contribution in [0.5, 0.6) is 0 Å². The third-order valence-corrected chi connectivity index (χ3v) is 4.57. The Labute approximate surface area is 119 Å². The number of alkyl halides is 1. The summed E-state index contributed by atoms with van der Waals surface area (Å²) >= 11 is 3.54. The van der Waals surface area contributed by atoms with E-state index in [0.717, 1.165) is 11.9 Å². The van der Waals surface area contributed by atoms with Gasteiger partial charge >= 0.3 is 0 Å². The molecule has 100 valence electrons. The summed E-state index contributed by atoms with van der Waals surface area (Å²) in [6.07, 6.45) is 2.62. The third kappa shape index (κ3) is 3.07. The lowest BCUT2D eigenvalue weighted by molar-refractivity contribution is 0.258. The predicted molar refractivity (Wildman–Crippen MR) is 82.7 cm³/mol. The second-order valence-electron chi connectivity index (χ2n) is 5.45. The van der Waals surface area contributed by atoms with E-state index in [0.29, 0.717) is 6.04 Å². The zero-order valence-corrected chi connectivity index (χ0v) is 13.2. The van der Waals surface area contributed by atoms with Crippen molar-refractivity contribution in [2.75, 3.05) is 32.1 Å². The zero-order valence-electron chi connectivity index (χ0n) is 11.6. The van der Waals surface area contributed by atoms with Crippen LogP contribution in [0.3, 0.4) is 0 Å². The molecule has 1 aliphatic heterocycles. The molecule has 2 rings (SSSR count). The fourth-order valence-electron chi connectivity index (χ4n) is 2.64. The molecule has 3 heteroatoms. The molecule has 0 aromatic heterocycles. The van der Waals surface area contributed by atoms with Gasteiger partial charge in [-0.25, -0.2) is 0 Å². The Hall–Kier alpha value is -0.540. The van der Waals surface area contributed by atoms with Crippen LogP contribution in [-0.4, -0.2) is 38.1 Å². The smallest absolute Gasteiger partial charge is 0.0369 e. The molecule has 18 heavy (non-hydrogen) atoms. The molecule has 1 saturated heterocycles. The van der Waals surface area contributed by atoms with Gasteiger partial charge in [0, 0.05) is 30.1 Å². The number of hydrogen-bond donors (Lipinski definition) is 0. The highest BCUT2D eigenvalue weighted by molar-refractivity contribution is 9.08. The maximum atomic E-state index is 3.54. The van der Waals surface area contributed by atoms with E-state index in [4.69, 9.17) is 0 Å². The van der Waals surface area contributed by atoms with Gasteiger partial charge in [-0.05, 0) is 57.1 Å². The first-order chi connectivity index (χ1) is 8.61. The summed E-state index contributed by atoms with van der Waals surface area (Å²) in [5, 5.41) is 0.944. The van der Waals surface area contributed by atoms with E-state index in [1.807, 2.05) is 0 Å². The summed E-state index contributed by atoms with van der Waals surface area (Å²) in [6.45, 7) is 4.55. The number of likely N-dealkylation sites (N-methyl/N-ethyl adjacent to an activating group) is 1. The molecule has 0 saturated carbocycles. The molecule has 2 nitrogen and oxygen atoms in total. The van der Waals surface area contributed by atoms with Crippen LogP contribution in [-0.2, 0) is 5.33 Å². The Kier molecular flexibility index (Phi) is 4.68. The molecular weight excluding hydrogens is 288 g/mol. The van der Waals surface area contributed by atoms with Gasteiger partial charge in [0.15, 0.2) is 0 Å². The topological polar surface area (TPSA) is 6.48 Å². The van der Waals surface area contributed by atoms with Gasteiger partial charge in [0.2, 0.25) is 0 Å². The number of nitrogens with zero attached hydrogens (tertiary/aromatic N) is 2. The van der Waals surface area contributed by atoms with Crippen molar-refractivity contribution < 1.29 is 0 Å². The number of aryl methyl sites for hydroxylation is 1. The van der Waals surface area contributed by atoms with E-state index in [2.05, 4.69) is 64.9 Å². The highest BCUT2D eigenvalue weighted by Gasteiger charge is 2.21. The van der Waals surface area contributed by atoms with Crippen LogP contribution in [0.25, 0.3) is 0 Å². The van der Waals surface area contributed by atoms with Crippen molar-refractivity contribution in [3.8, 4) is 0 Å². The van der Waals surface area contributed by atoms with Crippen molar-refractivity contribution in [3.05, 3.63) is 29.3 Å². The van der Waals surface area contributed by atoms with Crippen molar-refractivity contribution >= 4 is 21.6 Å². The van der Waals surface area contributed by atoms with Crippen LogP contribution in [0, 0.1) is 6.92 Å². The first-order valence-corrected chi connectivity index (χ1v) is 7.81. The SMILES string of the molecule is Cc1cc(N2CCCC(N(C)C)C2)ccc1CBr. The molecule has 0 spiro atoms. The largest absolute Gasteiger partial charge is 0.370 e. The lowest BCUT2D eigenvalue weighted by atomic mass is 10.0. The number of piperidine rings is 1. The zero-order chi connectivity index (χ0) is 13.1. The molecular formula is C15H23BrN2. The molecule has 1 aliphatic rings. The standard InChI is InChI=1S/C15H23BrN2/c1-12-9-14(7-6-13(12)10-16)18-8-4-5-15(11-18)17(2)3/h6-7,9,15H,4-5,8,10-11H2,1-3H3. The van der Waals surface area contributed by atoms with Gasteiger partial charge < -0.3 is 9.80 Å². The van der Waals surface area contributed by atoms with E-state index >= 15 is 0 Å². The Morgan fingerprint density at radius 3 is 2.78 bits per heavy atom. The summed E-state index contributed by atoms with van der Waals surface area (Å²) in [4.78, 5) is 4.88. The summed E-state index contributed by atoms with van der Waals surface area (Å²) in [5.74, 6) is 0. The quantitative estimate of drug-likeness (QED) is 0.789. The minimum atomic E-state index is 0.690. The lowest BCUT2D eigenvalue weighted by Crippen LogP contribution is -2.45. The second kappa shape index (κ2) is 6.07. The maximum absolute atomic E-state index is 3.54. The van der Waals surface area contributed by atoms with E-state index < -0.39 is 0 Å². The molecule has 1 unspecified atom stereocenters.